The third-order valence-electron chi connectivity index (χ3n) is 1.09. The monoisotopic (exact) mass is 266 g/mol. The van der Waals surface area contributed by atoms with Crippen molar-refractivity contribution in [3.05, 3.63) is 32.4 Å². The van der Waals surface area contributed by atoms with E-state index in [-0.39, 0.29) is 0 Å². The number of hydrogen-bond acceptors (Lipinski definition) is 1. The topological polar surface area (TPSA) is 17.1 Å². The third kappa shape index (κ3) is 1.70. The van der Waals surface area contributed by atoms with E-state index in [0.29, 0.717) is 10.6 Å². The van der Waals surface area contributed by atoms with E-state index in [9.17, 15) is 4.79 Å². The second-order valence-corrected chi connectivity index (χ2v) is 3.38. The van der Waals surface area contributed by atoms with E-state index in [1.165, 1.54) is 0 Å². The predicted molar refractivity (Wildman–Crippen MR) is 49.6 cm³/mol. The van der Waals surface area contributed by atoms with Crippen molar-refractivity contribution >= 4 is 40.5 Å². The average molecular weight is 266 g/mol. The van der Waals surface area contributed by atoms with Crippen LogP contribution in [0.15, 0.2) is 18.2 Å². The predicted octanol–water partition coefficient (Wildman–Crippen LogP) is 2.76. The Hall–Kier alpha value is -0.0900. The number of carbonyl (C=O) groups is 1. The van der Waals surface area contributed by atoms with E-state index in [1.54, 1.807) is 12.1 Å². The first-order valence-electron chi connectivity index (χ1n) is 2.64. The first-order valence-corrected chi connectivity index (χ1v) is 4.10. The Kier molecular flexibility index (Phi) is 2.68. The standard InChI is InChI=1S/C7H4ClIO/c8-6-1-2-7(9)5(3-6)4-10/h1-4H. The van der Waals surface area contributed by atoms with Gasteiger partial charge in [-0.1, -0.05) is 11.6 Å². The Morgan fingerprint density at radius 1 is 1.50 bits per heavy atom. The SMILES string of the molecule is O=Cc1cc(Cl)ccc1I. The maximum absolute atomic E-state index is 10.3. The number of rotatable bonds is 1. The van der Waals surface area contributed by atoms with Crippen LogP contribution in [0, 0.1) is 3.57 Å². The summed E-state index contributed by atoms with van der Waals surface area (Å²) in [5, 5.41) is 0.600. The van der Waals surface area contributed by atoms with Crippen LogP contribution in [0.1, 0.15) is 10.4 Å². The van der Waals surface area contributed by atoms with Crippen LogP contribution in [0.2, 0.25) is 5.02 Å². The maximum atomic E-state index is 10.3. The molecule has 0 N–H and O–H groups in total. The molecule has 0 unspecified atom stereocenters. The summed E-state index contributed by atoms with van der Waals surface area (Å²) in [4.78, 5) is 10.3. The van der Waals surface area contributed by atoms with E-state index >= 15 is 0 Å². The van der Waals surface area contributed by atoms with Crippen molar-refractivity contribution in [3.8, 4) is 0 Å². The summed E-state index contributed by atoms with van der Waals surface area (Å²) in [6, 6.07) is 5.22. The summed E-state index contributed by atoms with van der Waals surface area (Å²) in [5.74, 6) is 0. The smallest absolute Gasteiger partial charge is 0.151 e. The minimum absolute atomic E-state index is 0.600. The van der Waals surface area contributed by atoms with Crippen LogP contribution in [-0.2, 0) is 0 Å². The molecular weight excluding hydrogens is 262 g/mol. The molecule has 0 heterocycles. The summed E-state index contributed by atoms with van der Waals surface area (Å²) in [5.41, 5.74) is 0.646. The quantitative estimate of drug-likeness (QED) is 0.564. The molecule has 0 radical (unpaired) electrons. The summed E-state index contributed by atoms with van der Waals surface area (Å²) < 4.78 is 0.928. The highest BCUT2D eigenvalue weighted by Gasteiger charge is 1.96. The number of aldehydes is 1. The van der Waals surface area contributed by atoms with Gasteiger partial charge in [0, 0.05) is 14.2 Å². The lowest BCUT2D eigenvalue weighted by Gasteiger charge is -1.94. The Labute approximate surface area is 77.5 Å². The molecule has 3 heteroatoms. The Morgan fingerprint density at radius 3 is 2.70 bits per heavy atom. The molecular formula is C7H4ClIO. The van der Waals surface area contributed by atoms with Crippen LogP contribution in [0.5, 0.6) is 0 Å². The summed E-state index contributed by atoms with van der Waals surface area (Å²) in [6.07, 6.45) is 0.799. The van der Waals surface area contributed by atoms with Gasteiger partial charge in [0.05, 0.1) is 0 Å². The van der Waals surface area contributed by atoms with Crippen molar-refractivity contribution in [1.82, 2.24) is 0 Å². The van der Waals surface area contributed by atoms with E-state index in [4.69, 9.17) is 11.6 Å². The second-order valence-electron chi connectivity index (χ2n) is 1.78. The first kappa shape index (κ1) is 8.01. The maximum Gasteiger partial charge on any atom is 0.151 e. The molecule has 0 fully saturated rings. The molecule has 1 aromatic rings. The van der Waals surface area contributed by atoms with Crippen LogP contribution in [-0.4, -0.2) is 6.29 Å². The van der Waals surface area contributed by atoms with Crippen LogP contribution in [0.4, 0.5) is 0 Å². The van der Waals surface area contributed by atoms with Crippen LogP contribution >= 0.6 is 34.2 Å². The summed E-state index contributed by atoms with van der Waals surface area (Å²) in [6.45, 7) is 0. The third-order valence-corrected chi connectivity index (χ3v) is 2.30. The van der Waals surface area contributed by atoms with Gasteiger partial charge in [-0.05, 0) is 40.8 Å². The van der Waals surface area contributed by atoms with Crippen LogP contribution in [0.3, 0.4) is 0 Å². The van der Waals surface area contributed by atoms with Crippen molar-refractivity contribution < 1.29 is 4.79 Å². The molecule has 0 aliphatic carbocycles. The zero-order chi connectivity index (χ0) is 7.56. The fraction of sp³-hybridized carbons (Fsp3) is 0. The summed E-state index contributed by atoms with van der Waals surface area (Å²) in [7, 11) is 0. The van der Waals surface area contributed by atoms with Gasteiger partial charge >= 0.3 is 0 Å². The van der Waals surface area contributed by atoms with Crippen LogP contribution in [0.25, 0.3) is 0 Å². The lowest BCUT2D eigenvalue weighted by atomic mass is 10.2. The number of hydrogen-bond donors (Lipinski definition) is 0. The molecule has 1 nitrogen and oxygen atoms in total. The van der Waals surface area contributed by atoms with Gasteiger partial charge < -0.3 is 0 Å². The molecule has 0 aliphatic rings. The lowest BCUT2D eigenvalue weighted by molar-refractivity contribution is 0.112. The van der Waals surface area contributed by atoms with Crippen molar-refractivity contribution in [2.45, 2.75) is 0 Å². The van der Waals surface area contributed by atoms with Gasteiger partial charge in [0.15, 0.2) is 6.29 Å². The van der Waals surface area contributed by atoms with E-state index in [2.05, 4.69) is 22.6 Å². The molecule has 0 saturated heterocycles. The normalized spacial score (nSPS) is 9.40. The molecule has 0 spiro atoms. The minimum Gasteiger partial charge on any atom is -0.298 e. The van der Waals surface area contributed by atoms with Gasteiger partial charge in [-0.25, -0.2) is 0 Å². The molecule has 0 amide bonds. The van der Waals surface area contributed by atoms with Crippen molar-refractivity contribution in [1.29, 1.82) is 0 Å². The van der Waals surface area contributed by atoms with Gasteiger partial charge in [0.2, 0.25) is 0 Å². The molecule has 0 aromatic heterocycles. The minimum atomic E-state index is 0.600. The molecule has 0 atom stereocenters. The number of benzene rings is 1. The zero-order valence-corrected chi connectivity index (χ0v) is 7.89. The highest BCUT2D eigenvalue weighted by atomic mass is 127. The molecule has 0 aliphatic heterocycles. The fourth-order valence-electron chi connectivity index (χ4n) is 0.605. The molecule has 1 rings (SSSR count). The van der Waals surface area contributed by atoms with Gasteiger partial charge in [0.1, 0.15) is 0 Å². The van der Waals surface area contributed by atoms with Gasteiger partial charge in [-0.3, -0.25) is 4.79 Å². The average Bonchev–Trinajstić information content (AvgIpc) is 1.94. The Balaban J connectivity index is 3.21. The van der Waals surface area contributed by atoms with Crippen molar-refractivity contribution in [2.24, 2.45) is 0 Å². The van der Waals surface area contributed by atoms with E-state index in [1.807, 2.05) is 6.07 Å². The zero-order valence-electron chi connectivity index (χ0n) is 4.97. The lowest BCUT2D eigenvalue weighted by Crippen LogP contribution is -1.83. The number of carbonyl (C=O) groups excluding carboxylic acids is 1. The molecule has 0 saturated carbocycles. The second kappa shape index (κ2) is 3.34. The molecule has 1 aromatic carbocycles. The van der Waals surface area contributed by atoms with Crippen LogP contribution < -0.4 is 0 Å². The Bertz CT molecular complexity index is 260. The number of halogens is 2. The largest absolute Gasteiger partial charge is 0.298 e. The Morgan fingerprint density at radius 2 is 2.20 bits per heavy atom. The fourth-order valence-corrected chi connectivity index (χ4v) is 1.25. The van der Waals surface area contributed by atoms with E-state index < -0.39 is 0 Å². The van der Waals surface area contributed by atoms with Crippen molar-refractivity contribution in [2.75, 3.05) is 0 Å². The van der Waals surface area contributed by atoms with E-state index in [0.717, 1.165) is 9.86 Å². The van der Waals surface area contributed by atoms with Crippen molar-refractivity contribution in [3.63, 3.8) is 0 Å². The van der Waals surface area contributed by atoms with Gasteiger partial charge in [-0.2, -0.15) is 0 Å². The van der Waals surface area contributed by atoms with Gasteiger partial charge in [0.25, 0.3) is 0 Å². The molecule has 52 valence electrons. The first-order chi connectivity index (χ1) is 4.74. The highest BCUT2D eigenvalue weighted by Crippen LogP contribution is 2.15. The highest BCUT2D eigenvalue weighted by molar-refractivity contribution is 14.1. The molecule has 10 heavy (non-hydrogen) atoms. The molecule has 0 bridgehead atoms. The summed E-state index contributed by atoms with van der Waals surface area (Å²) >= 11 is 7.72. The van der Waals surface area contributed by atoms with Gasteiger partial charge in [-0.15, -0.1) is 0 Å².